The molecule has 2 saturated heterocycles. The summed E-state index contributed by atoms with van der Waals surface area (Å²) in [6, 6.07) is 0. The van der Waals surface area contributed by atoms with E-state index in [9.17, 15) is 4.79 Å². The first-order valence-electron chi connectivity index (χ1n) is 7.52. The molecule has 2 fully saturated rings. The molecule has 3 aliphatic rings. The number of carbonyl (C=O) groups excluding carboxylic acids is 1. The fraction of sp³-hybridized carbons (Fsp3) is 0.667. The summed E-state index contributed by atoms with van der Waals surface area (Å²) in [4.78, 5) is 15.5. The number of fused-ring (bicyclic) bond motifs is 1. The van der Waals surface area contributed by atoms with Gasteiger partial charge in [-0.3, -0.25) is 4.79 Å². The van der Waals surface area contributed by atoms with Gasteiger partial charge in [0.25, 0.3) is 5.91 Å². The highest BCUT2D eigenvalue weighted by molar-refractivity contribution is 7.12. The zero-order valence-corrected chi connectivity index (χ0v) is 12.7. The van der Waals surface area contributed by atoms with Gasteiger partial charge in [-0.1, -0.05) is 0 Å². The molecule has 4 heterocycles. The van der Waals surface area contributed by atoms with Crippen LogP contribution in [0.1, 0.15) is 28.9 Å². The standard InChI is InChI=1S/C15H19NO4S/c17-14(13-12-11(8-21-13)19-6-7-20-12)16-4-1-2-15(9-16)3-5-18-10-15/h8H,1-7,9-10H2/t15-/m1/s1. The highest BCUT2D eigenvalue weighted by Crippen LogP contribution is 2.42. The smallest absolute Gasteiger partial charge is 0.267 e. The maximum absolute atomic E-state index is 12.8. The van der Waals surface area contributed by atoms with Crippen molar-refractivity contribution in [2.24, 2.45) is 5.41 Å². The van der Waals surface area contributed by atoms with Gasteiger partial charge in [0.05, 0.1) is 6.61 Å². The molecule has 21 heavy (non-hydrogen) atoms. The van der Waals surface area contributed by atoms with Gasteiger partial charge in [-0.2, -0.15) is 0 Å². The fourth-order valence-electron chi connectivity index (χ4n) is 3.51. The Morgan fingerprint density at radius 3 is 3.00 bits per heavy atom. The molecule has 0 unspecified atom stereocenters. The monoisotopic (exact) mass is 309 g/mol. The van der Waals surface area contributed by atoms with Crippen LogP contribution in [0.3, 0.4) is 0 Å². The Labute approximate surface area is 127 Å². The first-order chi connectivity index (χ1) is 10.3. The zero-order chi connectivity index (χ0) is 14.3. The maximum Gasteiger partial charge on any atom is 0.267 e. The van der Waals surface area contributed by atoms with Gasteiger partial charge < -0.3 is 19.1 Å². The van der Waals surface area contributed by atoms with Crippen molar-refractivity contribution in [3.8, 4) is 11.5 Å². The second-order valence-corrected chi connectivity index (χ2v) is 6.97. The highest BCUT2D eigenvalue weighted by atomic mass is 32.1. The molecule has 0 aromatic carbocycles. The van der Waals surface area contributed by atoms with Gasteiger partial charge in [-0.25, -0.2) is 0 Å². The summed E-state index contributed by atoms with van der Waals surface area (Å²) in [5.74, 6) is 1.43. The maximum atomic E-state index is 12.8. The molecule has 0 aliphatic carbocycles. The van der Waals surface area contributed by atoms with Crippen LogP contribution in [0, 0.1) is 5.41 Å². The second kappa shape index (κ2) is 5.18. The van der Waals surface area contributed by atoms with Gasteiger partial charge in [-0.15, -0.1) is 11.3 Å². The van der Waals surface area contributed by atoms with Crippen molar-refractivity contribution in [1.29, 1.82) is 0 Å². The van der Waals surface area contributed by atoms with E-state index in [-0.39, 0.29) is 11.3 Å². The van der Waals surface area contributed by atoms with Gasteiger partial charge in [0.15, 0.2) is 11.5 Å². The molecular weight excluding hydrogens is 290 g/mol. The highest BCUT2D eigenvalue weighted by Gasteiger charge is 2.41. The van der Waals surface area contributed by atoms with Crippen LogP contribution in [-0.4, -0.2) is 50.3 Å². The number of nitrogens with zero attached hydrogens (tertiary/aromatic N) is 1. The summed E-state index contributed by atoms with van der Waals surface area (Å²) in [6.45, 7) is 4.32. The molecule has 1 aromatic rings. The van der Waals surface area contributed by atoms with Crippen molar-refractivity contribution in [2.75, 3.05) is 39.5 Å². The topological polar surface area (TPSA) is 48.0 Å². The molecule has 114 valence electrons. The number of piperidine rings is 1. The average molecular weight is 309 g/mol. The van der Waals surface area contributed by atoms with Crippen molar-refractivity contribution >= 4 is 17.2 Å². The number of amides is 1. The molecule has 0 bridgehead atoms. The molecule has 0 saturated carbocycles. The van der Waals surface area contributed by atoms with Crippen molar-refractivity contribution in [3.63, 3.8) is 0 Å². The van der Waals surface area contributed by atoms with Crippen molar-refractivity contribution < 1.29 is 19.0 Å². The van der Waals surface area contributed by atoms with Crippen LogP contribution in [0.2, 0.25) is 0 Å². The van der Waals surface area contributed by atoms with Crippen molar-refractivity contribution in [2.45, 2.75) is 19.3 Å². The van der Waals surface area contributed by atoms with E-state index in [2.05, 4.69) is 0 Å². The second-order valence-electron chi connectivity index (χ2n) is 6.09. The van der Waals surface area contributed by atoms with E-state index in [1.54, 1.807) is 0 Å². The number of thiophene rings is 1. The van der Waals surface area contributed by atoms with Crippen LogP contribution in [0.5, 0.6) is 11.5 Å². The van der Waals surface area contributed by atoms with Gasteiger partial charge in [-0.05, 0) is 19.3 Å². The van der Waals surface area contributed by atoms with Crippen LogP contribution < -0.4 is 9.47 Å². The van der Waals surface area contributed by atoms with Gasteiger partial charge in [0, 0.05) is 30.5 Å². The summed E-state index contributed by atoms with van der Waals surface area (Å²) >= 11 is 1.43. The minimum absolute atomic E-state index is 0.0812. The van der Waals surface area contributed by atoms with Crippen molar-refractivity contribution in [1.82, 2.24) is 4.90 Å². The minimum atomic E-state index is 0.0812. The summed E-state index contributed by atoms with van der Waals surface area (Å²) in [5.41, 5.74) is 0.183. The third kappa shape index (κ3) is 2.30. The fourth-order valence-corrected chi connectivity index (χ4v) is 4.40. The normalized spacial score (nSPS) is 28.1. The predicted octanol–water partition coefficient (Wildman–Crippen LogP) is 2.16. The zero-order valence-electron chi connectivity index (χ0n) is 11.9. The Morgan fingerprint density at radius 1 is 1.24 bits per heavy atom. The van der Waals surface area contributed by atoms with Crippen molar-refractivity contribution in [3.05, 3.63) is 10.3 Å². The quantitative estimate of drug-likeness (QED) is 0.797. The van der Waals surface area contributed by atoms with Crippen LogP contribution in [0.4, 0.5) is 0 Å². The molecular formula is C15H19NO4S. The number of ether oxygens (including phenoxy) is 3. The van der Waals surface area contributed by atoms with Gasteiger partial charge in [0.1, 0.15) is 18.1 Å². The van der Waals surface area contributed by atoms with E-state index in [4.69, 9.17) is 14.2 Å². The van der Waals surface area contributed by atoms with E-state index < -0.39 is 0 Å². The van der Waals surface area contributed by atoms with E-state index >= 15 is 0 Å². The summed E-state index contributed by atoms with van der Waals surface area (Å²) < 4.78 is 16.7. The molecule has 3 aliphatic heterocycles. The van der Waals surface area contributed by atoms with E-state index in [0.29, 0.717) is 29.6 Å². The first kappa shape index (κ1) is 13.4. The Morgan fingerprint density at radius 2 is 2.14 bits per heavy atom. The SMILES string of the molecule is O=C(c1scc2c1OCCO2)N1CCC[C@@]2(CCOC2)C1. The number of hydrogen-bond acceptors (Lipinski definition) is 5. The molecule has 1 atom stereocenters. The molecule has 5 nitrogen and oxygen atoms in total. The Bertz CT molecular complexity index is 550. The molecule has 1 spiro atoms. The molecule has 1 aromatic heterocycles. The number of carbonyl (C=O) groups is 1. The molecule has 6 heteroatoms. The number of hydrogen-bond donors (Lipinski definition) is 0. The van der Waals surface area contributed by atoms with Crippen LogP contribution in [-0.2, 0) is 4.74 Å². The Kier molecular flexibility index (Phi) is 3.30. The lowest BCUT2D eigenvalue weighted by molar-refractivity contribution is 0.0461. The molecule has 4 rings (SSSR count). The summed E-state index contributed by atoms with van der Waals surface area (Å²) in [5, 5.41) is 1.88. The lowest BCUT2D eigenvalue weighted by atomic mass is 9.79. The van der Waals surface area contributed by atoms with E-state index in [1.165, 1.54) is 17.8 Å². The average Bonchev–Trinajstić information content (AvgIpc) is 3.14. The summed E-state index contributed by atoms with van der Waals surface area (Å²) in [7, 11) is 0. The third-order valence-electron chi connectivity index (χ3n) is 4.63. The predicted molar refractivity (Wildman–Crippen MR) is 78.3 cm³/mol. The van der Waals surface area contributed by atoms with Crippen LogP contribution in [0.25, 0.3) is 0 Å². The lowest BCUT2D eigenvalue weighted by Gasteiger charge is -2.39. The number of rotatable bonds is 1. The lowest BCUT2D eigenvalue weighted by Crippen LogP contribution is -2.46. The van der Waals surface area contributed by atoms with Gasteiger partial charge in [0.2, 0.25) is 0 Å². The Hall–Kier alpha value is -1.27. The minimum Gasteiger partial charge on any atom is -0.485 e. The van der Waals surface area contributed by atoms with Gasteiger partial charge >= 0.3 is 0 Å². The van der Waals surface area contributed by atoms with E-state index in [1.807, 2.05) is 10.3 Å². The molecule has 0 N–H and O–H groups in total. The first-order valence-corrected chi connectivity index (χ1v) is 8.40. The molecule has 0 radical (unpaired) electrons. The van der Waals surface area contributed by atoms with E-state index in [0.717, 1.165) is 39.1 Å². The Balaban J connectivity index is 1.55. The summed E-state index contributed by atoms with van der Waals surface area (Å²) in [6.07, 6.45) is 3.29. The number of likely N-dealkylation sites (tertiary alicyclic amines) is 1. The largest absolute Gasteiger partial charge is 0.485 e. The van der Waals surface area contributed by atoms with Crippen LogP contribution >= 0.6 is 11.3 Å². The van der Waals surface area contributed by atoms with Crippen LogP contribution in [0.15, 0.2) is 5.38 Å². The third-order valence-corrected chi connectivity index (χ3v) is 5.56. The molecule has 1 amide bonds.